The molecule has 0 radical (unpaired) electrons. The van der Waals surface area contributed by atoms with Crippen molar-refractivity contribution in [1.82, 2.24) is 5.32 Å². The van der Waals surface area contributed by atoms with Gasteiger partial charge in [-0.15, -0.1) is 0 Å². The van der Waals surface area contributed by atoms with Gasteiger partial charge in [-0.3, -0.25) is 4.79 Å². The van der Waals surface area contributed by atoms with Crippen molar-refractivity contribution in [3.8, 4) is 0 Å². The van der Waals surface area contributed by atoms with Crippen molar-refractivity contribution in [2.75, 3.05) is 6.61 Å². The summed E-state index contributed by atoms with van der Waals surface area (Å²) < 4.78 is 0. The number of aryl methyl sites for hydroxylation is 1. The Bertz CT molecular complexity index is 454. The monoisotopic (exact) mass is 245 g/mol. The molecule has 0 saturated heterocycles. The van der Waals surface area contributed by atoms with Gasteiger partial charge in [0.05, 0.1) is 0 Å². The van der Waals surface area contributed by atoms with Crippen LogP contribution in [0.2, 0.25) is 0 Å². The Morgan fingerprint density at radius 3 is 2.78 bits per heavy atom. The van der Waals surface area contributed by atoms with Gasteiger partial charge in [0.15, 0.2) is 0 Å². The number of aliphatic hydroxyl groups is 1. The molecule has 2 N–H and O–H groups in total. The standard InChI is InChI=1S/C15H19NO2/c1-11-6-2-4-8-13(11)15(18)16-14-9-5-3-7-12(14)10-17/h2-6,8,12,14,17H,7,9-10H2,1H3,(H,16,18)/t12-,14-/m1/s1. The van der Waals surface area contributed by atoms with Crippen LogP contribution in [-0.2, 0) is 0 Å². The highest BCUT2D eigenvalue weighted by molar-refractivity contribution is 5.95. The summed E-state index contributed by atoms with van der Waals surface area (Å²) in [6.45, 7) is 2.04. The molecule has 2 rings (SSSR count). The molecule has 2 atom stereocenters. The fourth-order valence-corrected chi connectivity index (χ4v) is 2.32. The maximum atomic E-state index is 12.2. The summed E-state index contributed by atoms with van der Waals surface area (Å²) in [5.41, 5.74) is 1.69. The Hall–Kier alpha value is -1.61. The van der Waals surface area contributed by atoms with Gasteiger partial charge in [-0.05, 0) is 31.4 Å². The number of rotatable bonds is 3. The van der Waals surface area contributed by atoms with Gasteiger partial charge in [0.1, 0.15) is 0 Å². The average molecular weight is 245 g/mol. The SMILES string of the molecule is Cc1ccccc1C(=O)N[C@@H]1CC=CC[C@@H]1CO. The summed E-state index contributed by atoms with van der Waals surface area (Å²) in [5.74, 6) is 0.0785. The third kappa shape index (κ3) is 2.79. The predicted molar refractivity (Wildman–Crippen MR) is 71.4 cm³/mol. The molecule has 1 aliphatic carbocycles. The Balaban J connectivity index is 2.07. The van der Waals surface area contributed by atoms with E-state index in [4.69, 9.17) is 0 Å². The smallest absolute Gasteiger partial charge is 0.251 e. The van der Waals surface area contributed by atoms with E-state index >= 15 is 0 Å². The highest BCUT2D eigenvalue weighted by Gasteiger charge is 2.24. The highest BCUT2D eigenvalue weighted by atomic mass is 16.3. The molecule has 1 amide bonds. The molecule has 0 unspecified atom stereocenters. The van der Waals surface area contributed by atoms with E-state index in [2.05, 4.69) is 17.5 Å². The summed E-state index contributed by atoms with van der Waals surface area (Å²) in [6.07, 6.45) is 5.75. The lowest BCUT2D eigenvalue weighted by atomic mass is 9.89. The molecule has 3 nitrogen and oxygen atoms in total. The molecule has 96 valence electrons. The second kappa shape index (κ2) is 5.83. The van der Waals surface area contributed by atoms with Crippen LogP contribution in [-0.4, -0.2) is 23.7 Å². The van der Waals surface area contributed by atoms with Crippen molar-refractivity contribution in [2.45, 2.75) is 25.8 Å². The van der Waals surface area contributed by atoms with Gasteiger partial charge < -0.3 is 10.4 Å². The number of hydrogen-bond acceptors (Lipinski definition) is 2. The fraction of sp³-hybridized carbons (Fsp3) is 0.400. The third-order valence-electron chi connectivity index (χ3n) is 3.51. The number of hydrogen-bond donors (Lipinski definition) is 2. The minimum atomic E-state index is -0.0492. The quantitative estimate of drug-likeness (QED) is 0.801. The lowest BCUT2D eigenvalue weighted by Gasteiger charge is -2.28. The van der Waals surface area contributed by atoms with Crippen molar-refractivity contribution in [3.05, 3.63) is 47.5 Å². The van der Waals surface area contributed by atoms with E-state index in [-0.39, 0.29) is 24.5 Å². The Morgan fingerprint density at radius 1 is 1.33 bits per heavy atom. The van der Waals surface area contributed by atoms with Gasteiger partial charge in [-0.25, -0.2) is 0 Å². The first-order valence-electron chi connectivity index (χ1n) is 6.34. The van der Waals surface area contributed by atoms with Crippen LogP contribution in [0.5, 0.6) is 0 Å². The van der Waals surface area contributed by atoms with E-state index in [0.29, 0.717) is 5.56 Å². The molecule has 3 heteroatoms. The van der Waals surface area contributed by atoms with E-state index in [9.17, 15) is 9.90 Å². The van der Waals surface area contributed by atoms with Gasteiger partial charge in [-0.1, -0.05) is 30.4 Å². The molecule has 0 bridgehead atoms. The number of benzene rings is 1. The van der Waals surface area contributed by atoms with E-state index in [1.54, 1.807) is 0 Å². The van der Waals surface area contributed by atoms with Crippen molar-refractivity contribution >= 4 is 5.91 Å². The van der Waals surface area contributed by atoms with Crippen LogP contribution in [0.3, 0.4) is 0 Å². The largest absolute Gasteiger partial charge is 0.396 e. The molecule has 18 heavy (non-hydrogen) atoms. The molecular weight excluding hydrogens is 226 g/mol. The number of amides is 1. The molecular formula is C15H19NO2. The summed E-state index contributed by atoms with van der Waals surface area (Å²) in [4.78, 5) is 12.2. The predicted octanol–water partition coefficient (Wildman–Crippen LogP) is 2.05. The van der Waals surface area contributed by atoms with Crippen LogP contribution < -0.4 is 5.32 Å². The number of nitrogens with one attached hydrogen (secondary N) is 1. The molecule has 0 spiro atoms. The van der Waals surface area contributed by atoms with Crippen LogP contribution in [0.1, 0.15) is 28.8 Å². The number of aliphatic hydroxyl groups excluding tert-OH is 1. The third-order valence-corrected chi connectivity index (χ3v) is 3.51. The zero-order valence-corrected chi connectivity index (χ0v) is 10.6. The number of carbonyl (C=O) groups excluding carboxylic acids is 1. The number of carbonyl (C=O) groups is 1. The Kier molecular flexibility index (Phi) is 4.15. The van der Waals surface area contributed by atoms with Crippen molar-refractivity contribution < 1.29 is 9.90 Å². The Morgan fingerprint density at radius 2 is 2.06 bits per heavy atom. The van der Waals surface area contributed by atoms with Crippen LogP contribution in [0.25, 0.3) is 0 Å². The first kappa shape index (κ1) is 12.8. The zero-order chi connectivity index (χ0) is 13.0. The fourth-order valence-electron chi connectivity index (χ4n) is 2.32. The van der Waals surface area contributed by atoms with Gasteiger partial charge in [0, 0.05) is 24.1 Å². The van der Waals surface area contributed by atoms with E-state index in [1.165, 1.54) is 0 Å². The topological polar surface area (TPSA) is 49.3 Å². The van der Waals surface area contributed by atoms with Crippen LogP contribution in [0.4, 0.5) is 0 Å². The van der Waals surface area contributed by atoms with Crippen molar-refractivity contribution in [2.24, 2.45) is 5.92 Å². The number of allylic oxidation sites excluding steroid dienone is 1. The van der Waals surface area contributed by atoms with Gasteiger partial charge in [0.25, 0.3) is 5.91 Å². The summed E-state index contributed by atoms with van der Waals surface area (Å²) >= 11 is 0. The normalized spacial score (nSPS) is 22.8. The van der Waals surface area contributed by atoms with Gasteiger partial charge >= 0.3 is 0 Å². The first-order valence-corrected chi connectivity index (χ1v) is 6.34. The van der Waals surface area contributed by atoms with E-state index in [1.807, 2.05) is 31.2 Å². The van der Waals surface area contributed by atoms with Gasteiger partial charge in [0.2, 0.25) is 0 Å². The molecule has 1 aromatic carbocycles. The van der Waals surface area contributed by atoms with Crippen LogP contribution >= 0.6 is 0 Å². The maximum Gasteiger partial charge on any atom is 0.251 e. The summed E-state index contributed by atoms with van der Waals surface area (Å²) in [7, 11) is 0. The molecule has 0 saturated carbocycles. The van der Waals surface area contributed by atoms with Crippen molar-refractivity contribution in [1.29, 1.82) is 0 Å². The minimum absolute atomic E-state index is 0.0344. The average Bonchev–Trinajstić information content (AvgIpc) is 2.39. The summed E-state index contributed by atoms with van der Waals surface area (Å²) in [6, 6.07) is 7.58. The molecule has 1 aromatic rings. The maximum absolute atomic E-state index is 12.2. The van der Waals surface area contributed by atoms with Crippen LogP contribution in [0.15, 0.2) is 36.4 Å². The lowest BCUT2D eigenvalue weighted by molar-refractivity contribution is 0.0901. The van der Waals surface area contributed by atoms with Gasteiger partial charge in [-0.2, -0.15) is 0 Å². The Labute approximate surface area is 108 Å². The van der Waals surface area contributed by atoms with E-state index in [0.717, 1.165) is 18.4 Å². The summed E-state index contributed by atoms with van der Waals surface area (Å²) in [5, 5.41) is 12.3. The zero-order valence-electron chi connectivity index (χ0n) is 10.6. The van der Waals surface area contributed by atoms with E-state index < -0.39 is 0 Å². The van der Waals surface area contributed by atoms with Crippen LogP contribution in [0, 0.1) is 12.8 Å². The highest BCUT2D eigenvalue weighted by Crippen LogP contribution is 2.19. The first-order chi connectivity index (χ1) is 8.72. The molecule has 0 aromatic heterocycles. The molecule has 1 aliphatic rings. The molecule has 0 aliphatic heterocycles. The minimum Gasteiger partial charge on any atom is -0.396 e. The second-order valence-corrected chi connectivity index (χ2v) is 4.78. The second-order valence-electron chi connectivity index (χ2n) is 4.78. The molecule has 0 fully saturated rings. The lowest BCUT2D eigenvalue weighted by Crippen LogP contribution is -2.42. The van der Waals surface area contributed by atoms with Crippen molar-refractivity contribution in [3.63, 3.8) is 0 Å². The molecule has 0 heterocycles.